The van der Waals surface area contributed by atoms with Crippen LogP contribution in [0.25, 0.3) is 16.8 Å². The number of carbonyl (C=O) groups excluding carboxylic acids is 1. The molecule has 1 heterocycles. The fourth-order valence-electron chi connectivity index (χ4n) is 2.03. The lowest BCUT2D eigenvalue weighted by Gasteiger charge is -2.06. The Morgan fingerprint density at radius 3 is 2.65 bits per heavy atom. The van der Waals surface area contributed by atoms with Crippen molar-refractivity contribution in [3.8, 4) is 11.3 Å². The van der Waals surface area contributed by atoms with Crippen molar-refractivity contribution >= 4 is 11.6 Å². The van der Waals surface area contributed by atoms with Gasteiger partial charge in [0.25, 0.3) is 0 Å². The van der Waals surface area contributed by atoms with Gasteiger partial charge in [0.1, 0.15) is 5.82 Å². The summed E-state index contributed by atoms with van der Waals surface area (Å²) in [4.78, 5) is 18.1. The van der Waals surface area contributed by atoms with Gasteiger partial charge >= 0.3 is 6.03 Å². The number of hydrogen-bond acceptors (Lipinski definition) is 3. The first-order valence-corrected chi connectivity index (χ1v) is 6.66. The van der Waals surface area contributed by atoms with Crippen molar-refractivity contribution in [2.24, 2.45) is 11.5 Å². The summed E-state index contributed by atoms with van der Waals surface area (Å²) in [6.07, 6.45) is 6.07. The Kier molecular flexibility index (Phi) is 4.93. The number of primary amides is 1. The highest BCUT2D eigenvalue weighted by Gasteiger charge is 2.12. The van der Waals surface area contributed by atoms with Crippen molar-refractivity contribution in [1.82, 2.24) is 15.3 Å². The molecular weight excluding hydrogens is 297 g/mol. The number of allylic oxidation sites excluding steroid dienone is 3. The van der Waals surface area contributed by atoms with Gasteiger partial charge in [0.15, 0.2) is 0 Å². The first kappa shape index (κ1) is 16.0. The summed E-state index contributed by atoms with van der Waals surface area (Å²) in [6, 6.07) is 5.23. The van der Waals surface area contributed by atoms with E-state index >= 15 is 0 Å². The molecule has 0 fully saturated rings. The van der Waals surface area contributed by atoms with E-state index in [0.29, 0.717) is 22.7 Å². The van der Waals surface area contributed by atoms with Gasteiger partial charge in [0, 0.05) is 16.8 Å². The third kappa shape index (κ3) is 4.07. The zero-order valence-electron chi connectivity index (χ0n) is 12.2. The lowest BCUT2D eigenvalue weighted by atomic mass is 10.0. The molecule has 1 aromatic carbocycles. The Labute approximate surface area is 132 Å². The number of H-pyrrole nitrogens is 1. The molecular formula is C16H16FN5O. The minimum absolute atomic E-state index is 0.297. The number of rotatable bonds is 5. The van der Waals surface area contributed by atoms with Crippen LogP contribution >= 0.6 is 0 Å². The van der Waals surface area contributed by atoms with Gasteiger partial charge in [-0.1, -0.05) is 6.58 Å². The average molecular weight is 313 g/mol. The molecule has 0 saturated carbocycles. The molecule has 7 heteroatoms. The van der Waals surface area contributed by atoms with Crippen LogP contribution < -0.4 is 16.8 Å². The average Bonchev–Trinajstić information content (AvgIpc) is 2.96. The van der Waals surface area contributed by atoms with Crippen molar-refractivity contribution in [1.29, 1.82) is 0 Å². The number of carbonyl (C=O) groups is 1. The van der Waals surface area contributed by atoms with E-state index in [9.17, 15) is 9.18 Å². The van der Waals surface area contributed by atoms with Crippen molar-refractivity contribution in [2.45, 2.75) is 0 Å². The molecule has 2 aromatic rings. The molecule has 2 rings (SSSR count). The summed E-state index contributed by atoms with van der Waals surface area (Å²) in [7, 11) is 0. The zero-order valence-corrected chi connectivity index (χ0v) is 12.2. The van der Waals surface area contributed by atoms with E-state index in [1.807, 2.05) is 0 Å². The summed E-state index contributed by atoms with van der Waals surface area (Å²) < 4.78 is 13.1. The normalized spacial score (nSPS) is 11.6. The number of hydrogen-bond donors (Lipinski definition) is 4. The second kappa shape index (κ2) is 7.08. The molecule has 118 valence electrons. The van der Waals surface area contributed by atoms with Gasteiger partial charge in [-0.3, -0.25) is 0 Å². The molecule has 0 spiro atoms. The number of imidazole rings is 1. The number of aromatic amines is 1. The van der Waals surface area contributed by atoms with E-state index < -0.39 is 6.03 Å². The van der Waals surface area contributed by atoms with Crippen LogP contribution in [0.4, 0.5) is 9.18 Å². The Morgan fingerprint density at radius 1 is 1.35 bits per heavy atom. The summed E-state index contributed by atoms with van der Waals surface area (Å²) in [5, 5.41) is 2.37. The van der Waals surface area contributed by atoms with Crippen molar-refractivity contribution in [3.05, 3.63) is 72.7 Å². The molecule has 0 aliphatic carbocycles. The van der Waals surface area contributed by atoms with Crippen LogP contribution in [0.5, 0.6) is 0 Å². The SMILES string of the molecule is C=C(/C=C(\C=C/N)c1[nH]cnc1-c1ccc(F)cc1)NC(N)=O. The number of aromatic nitrogens is 2. The third-order valence-electron chi connectivity index (χ3n) is 2.93. The highest BCUT2D eigenvalue weighted by atomic mass is 19.1. The Hall–Kier alpha value is -3.35. The molecule has 0 aliphatic rings. The van der Waals surface area contributed by atoms with Crippen LogP contribution in [0.3, 0.4) is 0 Å². The molecule has 6 N–H and O–H groups in total. The number of benzene rings is 1. The van der Waals surface area contributed by atoms with Crippen LogP contribution in [0, 0.1) is 5.82 Å². The molecule has 0 aliphatic heterocycles. The Balaban J connectivity index is 2.43. The van der Waals surface area contributed by atoms with Crippen molar-refractivity contribution in [2.75, 3.05) is 0 Å². The maximum atomic E-state index is 13.1. The highest BCUT2D eigenvalue weighted by molar-refractivity contribution is 5.83. The largest absolute Gasteiger partial charge is 0.405 e. The summed E-state index contributed by atoms with van der Waals surface area (Å²) >= 11 is 0. The van der Waals surface area contributed by atoms with E-state index in [1.165, 1.54) is 24.7 Å². The molecule has 6 nitrogen and oxygen atoms in total. The highest BCUT2D eigenvalue weighted by Crippen LogP contribution is 2.27. The van der Waals surface area contributed by atoms with Gasteiger partial charge in [-0.15, -0.1) is 0 Å². The van der Waals surface area contributed by atoms with Crippen molar-refractivity contribution in [3.63, 3.8) is 0 Å². The van der Waals surface area contributed by atoms with E-state index in [1.54, 1.807) is 24.3 Å². The predicted octanol–water partition coefficient (Wildman–Crippen LogP) is 2.25. The molecule has 2 amide bonds. The van der Waals surface area contributed by atoms with Gasteiger partial charge in [0.05, 0.1) is 17.7 Å². The minimum atomic E-state index is -0.717. The number of urea groups is 1. The monoisotopic (exact) mass is 313 g/mol. The van der Waals surface area contributed by atoms with Gasteiger partial charge in [-0.05, 0) is 42.6 Å². The van der Waals surface area contributed by atoms with Crippen molar-refractivity contribution < 1.29 is 9.18 Å². The Morgan fingerprint density at radius 2 is 2.04 bits per heavy atom. The fraction of sp³-hybridized carbons (Fsp3) is 0. The number of nitrogens with one attached hydrogen (secondary N) is 2. The first-order chi connectivity index (χ1) is 11.0. The van der Waals surface area contributed by atoms with Crippen LogP contribution in [-0.4, -0.2) is 16.0 Å². The maximum absolute atomic E-state index is 13.1. The Bertz CT molecular complexity index is 774. The predicted molar refractivity (Wildman–Crippen MR) is 87.1 cm³/mol. The van der Waals surface area contributed by atoms with E-state index in [-0.39, 0.29) is 5.82 Å². The zero-order chi connectivity index (χ0) is 16.8. The lowest BCUT2D eigenvalue weighted by molar-refractivity contribution is 0.251. The number of amides is 2. The first-order valence-electron chi connectivity index (χ1n) is 6.66. The van der Waals surface area contributed by atoms with E-state index in [2.05, 4.69) is 21.9 Å². The third-order valence-corrected chi connectivity index (χ3v) is 2.93. The van der Waals surface area contributed by atoms with Gasteiger partial charge in [-0.2, -0.15) is 0 Å². The molecule has 0 bridgehead atoms. The number of nitrogens with two attached hydrogens (primary N) is 2. The van der Waals surface area contributed by atoms with E-state index in [4.69, 9.17) is 11.5 Å². The van der Waals surface area contributed by atoms with Gasteiger partial charge < -0.3 is 21.8 Å². The van der Waals surface area contributed by atoms with Crippen LogP contribution in [0.1, 0.15) is 5.69 Å². The molecule has 1 aromatic heterocycles. The lowest BCUT2D eigenvalue weighted by Crippen LogP contribution is -2.27. The van der Waals surface area contributed by atoms with E-state index in [0.717, 1.165) is 5.56 Å². The van der Waals surface area contributed by atoms with Crippen LogP contribution in [0.2, 0.25) is 0 Å². The topological polar surface area (TPSA) is 110 Å². The van der Waals surface area contributed by atoms with Gasteiger partial charge in [-0.25, -0.2) is 14.2 Å². The second-order valence-electron chi connectivity index (χ2n) is 4.61. The fourth-order valence-corrected chi connectivity index (χ4v) is 2.03. The summed E-state index contributed by atoms with van der Waals surface area (Å²) in [6.45, 7) is 3.69. The molecule has 0 atom stereocenters. The summed E-state index contributed by atoms with van der Waals surface area (Å²) in [5.74, 6) is -0.331. The van der Waals surface area contributed by atoms with Crippen LogP contribution in [-0.2, 0) is 0 Å². The maximum Gasteiger partial charge on any atom is 0.316 e. The molecule has 0 saturated heterocycles. The quantitative estimate of drug-likeness (QED) is 0.635. The smallest absolute Gasteiger partial charge is 0.316 e. The number of nitrogens with zero attached hydrogens (tertiary/aromatic N) is 1. The summed E-state index contributed by atoms with van der Waals surface area (Å²) in [5.41, 5.74) is 13.4. The second-order valence-corrected chi connectivity index (χ2v) is 4.61. The molecule has 0 unspecified atom stereocenters. The van der Waals surface area contributed by atoms with Crippen LogP contribution in [0.15, 0.2) is 61.2 Å². The standard InChI is InChI=1S/C16H16FN5O/c1-10(22-16(19)23)8-12(6-7-18)15-14(20-9-21-15)11-2-4-13(17)5-3-11/h2-9H,1,18H2,(H,20,21)(H3,19,22,23)/b7-6-,12-8+. The van der Waals surface area contributed by atoms with Gasteiger partial charge in [0.2, 0.25) is 0 Å². The molecule has 23 heavy (non-hydrogen) atoms. The number of halogens is 1. The molecule has 0 radical (unpaired) electrons. The minimum Gasteiger partial charge on any atom is -0.405 e.